The number of carbonyl (C=O) groups is 2. The predicted octanol–water partition coefficient (Wildman–Crippen LogP) is 5.08. The van der Waals surface area contributed by atoms with Gasteiger partial charge in [-0.2, -0.15) is 0 Å². The third-order valence-corrected chi connectivity index (χ3v) is 4.58. The van der Waals surface area contributed by atoms with Crippen LogP contribution in [-0.4, -0.2) is 11.9 Å². The summed E-state index contributed by atoms with van der Waals surface area (Å²) >= 11 is 0. The first-order chi connectivity index (χ1) is 13.3. The van der Waals surface area contributed by atoms with Crippen LogP contribution in [0.15, 0.2) is 60.7 Å². The van der Waals surface area contributed by atoms with E-state index in [0.717, 1.165) is 17.5 Å². The van der Waals surface area contributed by atoms with E-state index in [0.29, 0.717) is 23.1 Å². The molecule has 0 aromatic heterocycles. The van der Waals surface area contributed by atoms with Crippen LogP contribution in [0.5, 0.6) is 5.75 Å². The molecular formula is C23H21FO4. The van der Waals surface area contributed by atoms with Gasteiger partial charge >= 0.3 is 11.9 Å². The second-order valence-corrected chi connectivity index (χ2v) is 6.94. The van der Waals surface area contributed by atoms with Crippen molar-refractivity contribution in [3.63, 3.8) is 0 Å². The van der Waals surface area contributed by atoms with Crippen molar-refractivity contribution in [2.75, 3.05) is 0 Å². The van der Waals surface area contributed by atoms with Crippen molar-refractivity contribution in [3.05, 3.63) is 77.6 Å². The second-order valence-electron chi connectivity index (χ2n) is 6.94. The molecule has 0 amide bonds. The number of esters is 2. The average Bonchev–Trinajstić information content (AvgIpc) is 3.03. The molecule has 144 valence electrons. The summed E-state index contributed by atoms with van der Waals surface area (Å²) in [6, 6.07) is 9.86. The van der Waals surface area contributed by atoms with Crippen molar-refractivity contribution < 1.29 is 23.5 Å². The van der Waals surface area contributed by atoms with Crippen molar-refractivity contribution in [1.29, 1.82) is 0 Å². The minimum Gasteiger partial charge on any atom is -0.454 e. The molecule has 4 nitrogen and oxygen atoms in total. The highest BCUT2D eigenvalue weighted by Gasteiger charge is 2.26. The Kier molecular flexibility index (Phi) is 5.45. The summed E-state index contributed by atoms with van der Waals surface area (Å²) in [5, 5.41) is 0. The van der Waals surface area contributed by atoms with Crippen LogP contribution in [0.3, 0.4) is 0 Å². The van der Waals surface area contributed by atoms with E-state index in [9.17, 15) is 14.0 Å². The van der Waals surface area contributed by atoms with E-state index in [-0.39, 0.29) is 17.4 Å². The van der Waals surface area contributed by atoms with Crippen molar-refractivity contribution >= 4 is 11.9 Å². The lowest BCUT2D eigenvalue weighted by molar-refractivity contribution is -0.144. The number of benzene rings is 2. The normalized spacial score (nSPS) is 14.9. The third-order valence-electron chi connectivity index (χ3n) is 4.58. The topological polar surface area (TPSA) is 52.6 Å². The van der Waals surface area contributed by atoms with Crippen molar-refractivity contribution in [2.24, 2.45) is 0 Å². The molecule has 0 saturated carbocycles. The van der Waals surface area contributed by atoms with Crippen LogP contribution in [0.2, 0.25) is 0 Å². The van der Waals surface area contributed by atoms with Gasteiger partial charge in [-0.15, -0.1) is 0 Å². The average molecular weight is 380 g/mol. The largest absolute Gasteiger partial charge is 0.454 e. The molecule has 5 heteroatoms. The standard InChI is InChI=1S/C23H21FO4/c1-13(2)22(25)27-17-8-9-18(20(24)12-17)16-6-5-15-7-10-21(19(15)11-16)28-23(26)14(3)4/h5-6,8-9,11-12,21H,1,3,7,10H2,2,4H3. The predicted molar refractivity (Wildman–Crippen MR) is 104 cm³/mol. The van der Waals surface area contributed by atoms with Crippen LogP contribution in [0.4, 0.5) is 4.39 Å². The van der Waals surface area contributed by atoms with Gasteiger partial charge in [-0.3, -0.25) is 0 Å². The van der Waals surface area contributed by atoms with Gasteiger partial charge in [0.1, 0.15) is 17.7 Å². The molecule has 2 aromatic rings. The molecule has 0 N–H and O–H groups in total. The molecule has 1 atom stereocenters. The van der Waals surface area contributed by atoms with Gasteiger partial charge in [0, 0.05) is 22.8 Å². The van der Waals surface area contributed by atoms with E-state index in [2.05, 4.69) is 13.2 Å². The van der Waals surface area contributed by atoms with Gasteiger partial charge in [0.25, 0.3) is 0 Å². The van der Waals surface area contributed by atoms with E-state index in [1.54, 1.807) is 13.0 Å². The molecule has 0 aliphatic heterocycles. The highest BCUT2D eigenvalue weighted by Crippen LogP contribution is 2.38. The Morgan fingerprint density at radius 1 is 1.04 bits per heavy atom. The van der Waals surface area contributed by atoms with E-state index >= 15 is 0 Å². The molecule has 1 aliphatic carbocycles. The number of ether oxygens (including phenoxy) is 2. The SMILES string of the molecule is C=C(C)C(=O)Oc1ccc(-c2ccc3c(c2)C(OC(=O)C(=C)C)CC3)c(F)c1. The maximum Gasteiger partial charge on any atom is 0.338 e. The van der Waals surface area contributed by atoms with Crippen LogP contribution in [0.25, 0.3) is 11.1 Å². The summed E-state index contributed by atoms with van der Waals surface area (Å²) in [5.41, 5.74) is 3.57. The maximum atomic E-state index is 14.6. The zero-order chi connectivity index (χ0) is 20.4. The zero-order valence-electron chi connectivity index (χ0n) is 15.9. The lowest BCUT2D eigenvalue weighted by atomic mass is 9.99. The third kappa shape index (κ3) is 4.03. The number of carbonyl (C=O) groups excluding carboxylic acids is 2. The summed E-state index contributed by atoms with van der Waals surface area (Å²) < 4.78 is 25.2. The summed E-state index contributed by atoms with van der Waals surface area (Å²) in [7, 11) is 0. The number of hydrogen-bond donors (Lipinski definition) is 0. The van der Waals surface area contributed by atoms with Crippen molar-refractivity contribution in [2.45, 2.75) is 32.8 Å². The monoisotopic (exact) mass is 380 g/mol. The van der Waals surface area contributed by atoms with Gasteiger partial charge in [0.15, 0.2) is 0 Å². The molecule has 0 saturated heterocycles. The zero-order valence-corrected chi connectivity index (χ0v) is 15.9. The number of fused-ring (bicyclic) bond motifs is 1. The molecule has 3 rings (SSSR count). The van der Waals surface area contributed by atoms with Gasteiger partial charge in [-0.05, 0) is 61.6 Å². The molecule has 1 aliphatic rings. The van der Waals surface area contributed by atoms with E-state index in [1.165, 1.54) is 19.1 Å². The van der Waals surface area contributed by atoms with E-state index in [4.69, 9.17) is 9.47 Å². The molecule has 1 unspecified atom stereocenters. The van der Waals surface area contributed by atoms with E-state index in [1.807, 2.05) is 18.2 Å². The van der Waals surface area contributed by atoms with Crippen LogP contribution < -0.4 is 4.74 Å². The first-order valence-corrected chi connectivity index (χ1v) is 8.93. The van der Waals surface area contributed by atoms with Crippen LogP contribution in [0.1, 0.15) is 37.5 Å². The molecule has 0 radical (unpaired) electrons. The molecule has 0 spiro atoms. The second kappa shape index (κ2) is 7.80. The highest BCUT2D eigenvalue weighted by atomic mass is 19.1. The van der Waals surface area contributed by atoms with Crippen LogP contribution >= 0.6 is 0 Å². The first-order valence-electron chi connectivity index (χ1n) is 8.93. The number of halogens is 1. The first kappa shape index (κ1) is 19.5. The summed E-state index contributed by atoms with van der Waals surface area (Å²) in [6.45, 7) is 10.2. The maximum absolute atomic E-state index is 14.6. The Labute approximate surface area is 163 Å². The van der Waals surface area contributed by atoms with Gasteiger partial charge in [0.05, 0.1) is 0 Å². The fourth-order valence-corrected chi connectivity index (χ4v) is 3.07. The fourth-order valence-electron chi connectivity index (χ4n) is 3.07. The Balaban J connectivity index is 1.87. The quantitative estimate of drug-likeness (QED) is 0.412. The van der Waals surface area contributed by atoms with Crippen LogP contribution in [0, 0.1) is 5.82 Å². The van der Waals surface area contributed by atoms with Gasteiger partial charge in [0.2, 0.25) is 0 Å². The highest BCUT2D eigenvalue weighted by molar-refractivity contribution is 5.89. The fraction of sp³-hybridized carbons (Fsp3) is 0.217. The Morgan fingerprint density at radius 3 is 2.39 bits per heavy atom. The minimum absolute atomic E-state index is 0.115. The summed E-state index contributed by atoms with van der Waals surface area (Å²) in [6.07, 6.45) is 1.12. The Bertz CT molecular complexity index is 990. The summed E-state index contributed by atoms with van der Waals surface area (Å²) in [4.78, 5) is 23.4. The lowest BCUT2D eigenvalue weighted by Crippen LogP contribution is -2.09. The molecule has 2 aromatic carbocycles. The summed E-state index contributed by atoms with van der Waals surface area (Å²) in [5.74, 6) is -1.44. The van der Waals surface area contributed by atoms with E-state index < -0.39 is 17.8 Å². The Morgan fingerprint density at radius 2 is 1.75 bits per heavy atom. The number of hydrogen-bond acceptors (Lipinski definition) is 4. The molecule has 0 bridgehead atoms. The Hall–Kier alpha value is -3.21. The smallest absolute Gasteiger partial charge is 0.338 e. The lowest BCUT2D eigenvalue weighted by Gasteiger charge is -2.15. The molecule has 0 fully saturated rings. The minimum atomic E-state index is -0.605. The molecular weight excluding hydrogens is 359 g/mol. The molecule has 0 heterocycles. The van der Waals surface area contributed by atoms with Crippen LogP contribution in [-0.2, 0) is 20.7 Å². The van der Waals surface area contributed by atoms with Crippen molar-refractivity contribution in [1.82, 2.24) is 0 Å². The van der Waals surface area contributed by atoms with Gasteiger partial charge < -0.3 is 9.47 Å². The number of rotatable bonds is 5. The number of aryl methyl sites for hydroxylation is 1. The van der Waals surface area contributed by atoms with Crippen molar-refractivity contribution in [3.8, 4) is 16.9 Å². The van der Waals surface area contributed by atoms with Gasteiger partial charge in [-0.25, -0.2) is 14.0 Å². The van der Waals surface area contributed by atoms with Gasteiger partial charge in [-0.1, -0.05) is 25.3 Å². The molecule has 28 heavy (non-hydrogen) atoms.